The van der Waals surface area contributed by atoms with Crippen molar-refractivity contribution < 1.29 is 13.2 Å². The topological polar surface area (TPSA) is 111 Å². The number of sulfonamides is 1. The number of aryl methyl sites for hydroxylation is 1. The molecule has 0 aliphatic rings. The zero-order valence-corrected chi connectivity index (χ0v) is 10.7. The summed E-state index contributed by atoms with van der Waals surface area (Å²) in [5.74, 6) is -0.605. The minimum absolute atomic E-state index is 0.185. The Morgan fingerprint density at radius 2 is 2.17 bits per heavy atom. The number of amides is 1. The molecule has 8 heteroatoms. The molecule has 0 saturated heterocycles. The van der Waals surface area contributed by atoms with Crippen molar-refractivity contribution in [3.8, 4) is 0 Å². The molecule has 0 saturated carbocycles. The van der Waals surface area contributed by atoms with E-state index in [1.165, 1.54) is 22.9 Å². The summed E-state index contributed by atoms with van der Waals surface area (Å²) in [7, 11) is -1.92. The van der Waals surface area contributed by atoms with Crippen molar-refractivity contribution in [2.24, 2.45) is 12.2 Å². The number of nitrogens with one attached hydrogen (secondary N) is 1. The van der Waals surface area contributed by atoms with Gasteiger partial charge in [0.2, 0.25) is 10.0 Å². The van der Waals surface area contributed by atoms with Crippen LogP contribution in [0.25, 0.3) is 0 Å². The largest absolute Gasteiger partial charge is 0.352 e. The summed E-state index contributed by atoms with van der Waals surface area (Å²) >= 11 is 0. The van der Waals surface area contributed by atoms with Gasteiger partial charge in [-0.15, -0.1) is 0 Å². The molecule has 1 aromatic rings. The summed E-state index contributed by atoms with van der Waals surface area (Å²) in [5, 5.41) is 7.33. The summed E-state index contributed by atoms with van der Waals surface area (Å²) in [6, 6.07) is 2.73. The highest BCUT2D eigenvalue weighted by Gasteiger charge is 2.07. The van der Waals surface area contributed by atoms with Crippen molar-refractivity contribution in [2.75, 3.05) is 12.3 Å². The van der Waals surface area contributed by atoms with Gasteiger partial charge in [0.05, 0.1) is 5.75 Å². The van der Waals surface area contributed by atoms with E-state index in [1.54, 1.807) is 7.05 Å². The molecule has 0 radical (unpaired) electrons. The second kappa shape index (κ2) is 5.78. The SMILES string of the molecule is Cn1ccc(C(=O)NCCCS(N)(=O)=O)cc1=O. The normalized spacial score (nSPS) is 11.2. The standard InChI is InChI=1S/C10H15N3O4S/c1-13-5-3-8(7-9(13)14)10(15)12-4-2-6-18(11,16)17/h3,5,7H,2,4,6H2,1H3,(H,12,15)(H2,11,16,17). The van der Waals surface area contributed by atoms with Gasteiger partial charge in [-0.3, -0.25) is 9.59 Å². The lowest BCUT2D eigenvalue weighted by atomic mass is 10.2. The Balaban J connectivity index is 2.51. The Labute approximate surface area is 105 Å². The van der Waals surface area contributed by atoms with Gasteiger partial charge in [-0.1, -0.05) is 0 Å². The molecule has 0 unspecified atom stereocenters. The first-order valence-corrected chi connectivity index (χ1v) is 6.96. The maximum Gasteiger partial charge on any atom is 0.251 e. The number of hydrogen-bond donors (Lipinski definition) is 2. The quantitative estimate of drug-likeness (QED) is 0.656. The molecule has 3 N–H and O–H groups in total. The first kappa shape index (κ1) is 14.4. The van der Waals surface area contributed by atoms with Crippen molar-refractivity contribution in [3.63, 3.8) is 0 Å². The van der Waals surface area contributed by atoms with Gasteiger partial charge >= 0.3 is 0 Å². The lowest BCUT2D eigenvalue weighted by molar-refractivity contribution is 0.0953. The molecule has 0 aliphatic carbocycles. The fourth-order valence-electron chi connectivity index (χ4n) is 1.27. The van der Waals surface area contributed by atoms with Crippen LogP contribution >= 0.6 is 0 Å². The van der Waals surface area contributed by atoms with Crippen molar-refractivity contribution >= 4 is 15.9 Å². The fraction of sp³-hybridized carbons (Fsp3) is 0.400. The molecule has 0 aliphatic heterocycles. The van der Waals surface area contributed by atoms with Crippen LogP contribution in [0.4, 0.5) is 0 Å². The first-order valence-electron chi connectivity index (χ1n) is 5.25. The van der Waals surface area contributed by atoms with Gasteiger partial charge < -0.3 is 9.88 Å². The number of primary sulfonamides is 1. The van der Waals surface area contributed by atoms with Crippen molar-refractivity contribution in [2.45, 2.75) is 6.42 Å². The average molecular weight is 273 g/mol. The average Bonchev–Trinajstić information content (AvgIpc) is 2.26. The molecule has 0 fully saturated rings. The molecule has 1 aromatic heterocycles. The number of carbonyl (C=O) groups is 1. The monoisotopic (exact) mass is 273 g/mol. The lowest BCUT2D eigenvalue weighted by Gasteiger charge is -2.05. The minimum atomic E-state index is -3.50. The molecule has 0 spiro atoms. The van der Waals surface area contributed by atoms with Gasteiger partial charge in [-0.25, -0.2) is 13.6 Å². The molecule has 18 heavy (non-hydrogen) atoms. The van der Waals surface area contributed by atoms with Crippen LogP contribution in [-0.2, 0) is 17.1 Å². The molecule has 100 valence electrons. The number of rotatable bonds is 5. The third kappa shape index (κ3) is 4.68. The fourth-order valence-corrected chi connectivity index (χ4v) is 1.81. The maximum absolute atomic E-state index is 11.6. The second-order valence-electron chi connectivity index (χ2n) is 3.84. The van der Waals surface area contributed by atoms with E-state index in [9.17, 15) is 18.0 Å². The predicted molar refractivity (Wildman–Crippen MR) is 66.6 cm³/mol. The van der Waals surface area contributed by atoms with E-state index in [2.05, 4.69) is 5.32 Å². The van der Waals surface area contributed by atoms with E-state index in [-0.39, 0.29) is 29.8 Å². The van der Waals surface area contributed by atoms with E-state index >= 15 is 0 Å². The highest BCUT2D eigenvalue weighted by Crippen LogP contribution is 1.94. The zero-order chi connectivity index (χ0) is 13.8. The third-order valence-electron chi connectivity index (χ3n) is 2.26. The van der Waals surface area contributed by atoms with Gasteiger partial charge in [-0.2, -0.15) is 0 Å². The molecule has 0 aromatic carbocycles. The van der Waals surface area contributed by atoms with Crippen molar-refractivity contribution in [1.82, 2.24) is 9.88 Å². The molecule has 1 amide bonds. The molecule has 1 heterocycles. The molecular formula is C10H15N3O4S. The van der Waals surface area contributed by atoms with E-state index < -0.39 is 15.9 Å². The first-order chi connectivity index (χ1) is 8.29. The Hall–Kier alpha value is -1.67. The van der Waals surface area contributed by atoms with Crippen molar-refractivity contribution in [1.29, 1.82) is 0 Å². The van der Waals surface area contributed by atoms with E-state index in [0.717, 1.165) is 0 Å². The van der Waals surface area contributed by atoms with Crippen LogP contribution in [0.5, 0.6) is 0 Å². The predicted octanol–water partition coefficient (Wildman–Crippen LogP) is -1.21. The summed E-state index contributed by atoms with van der Waals surface area (Å²) < 4.78 is 22.6. The van der Waals surface area contributed by atoms with Crippen LogP contribution < -0.4 is 16.0 Å². The number of nitrogens with zero attached hydrogens (tertiary/aromatic N) is 1. The summed E-state index contributed by atoms with van der Waals surface area (Å²) in [4.78, 5) is 22.9. The van der Waals surface area contributed by atoms with Gasteiger partial charge in [0.15, 0.2) is 0 Å². The summed E-state index contributed by atoms with van der Waals surface area (Å²) in [6.45, 7) is 0.185. The van der Waals surface area contributed by atoms with Crippen molar-refractivity contribution in [3.05, 3.63) is 34.2 Å². The van der Waals surface area contributed by atoms with Crippen LogP contribution in [0.3, 0.4) is 0 Å². The Morgan fingerprint density at radius 1 is 1.50 bits per heavy atom. The van der Waals surface area contributed by atoms with Gasteiger partial charge in [-0.05, 0) is 12.5 Å². The number of carbonyl (C=O) groups excluding carboxylic acids is 1. The molecule has 0 bridgehead atoms. The van der Waals surface area contributed by atoms with E-state index in [0.29, 0.717) is 0 Å². The molecule has 0 atom stereocenters. The Morgan fingerprint density at radius 3 is 2.72 bits per heavy atom. The van der Waals surface area contributed by atoms with Gasteiger partial charge in [0.1, 0.15) is 0 Å². The lowest BCUT2D eigenvalue weighted by Crippen LogP contribution is -2.28. The highest BCUT2D eigenvalue weighted by molar-refractivity contribution is 7.89. The van der Waals surface area contributed by atoms with Gasteiger partial charge in [0.25, 0.3) is 11.5 Å². The Kier molecular flexibility index (Phi) is 4.62. The van der Waals surface area contributed by atoms with Crippen LogP contribution in [0.1, 0.15) is 16.8 Å². The summed E-state index contributed by atoms with van der Waals surface area (Å²) in [6.07, 6.45) is 1.72. The number of hydrogen-bond acceptors (Lipinski definition) is 4. The zero-order valence-electron chi connectivity index (χ0n) is 9.92. The maximum atomic E-state index is 11.6. The van der Waals surface area contributed by atoms with Crippen LogP contribution in [0.2, 0.25) is 0 Å². The minimum Gasteiger partial charge on any atom is -0.352 e. The number of aromatic nitrogens is 1. The number of pyridine rings is 1. The molecule has 1 rings (SSSR count). The summed E-state index contributed by atoms with van der Waals surface area (Å²) in [5.41, 5.74) is -0.0408. The highest BCUT2D eigenvalue weighted by atomic mass is 32.2. The smallest absolute Gasteiger partial charge is 0.251 e. The second-order valence-corrected chi connectivity index (χ2v) is 5.57. The van der Waals surface area contributed by atoms with Crippen LogP contribution in [-0.4, -0.2) is 31.2 Å². The van der Waals surface area contributed by atoms with E-state index in [4.69, 9.17) is 5.14 Å². The van der Waals surface area contributed by atoms with Crippen LogP contribution in [0, 0.1) is 0 Å². The molecule has 7 nitrogen and oxygen atoms in total. The third-order valence-corrected chi connectivity index (χ3v) is 3.12. The molecular weight excluding hydrogens is 258 g/mol. The van der Waals surface area contributed by atoms with E-state index in [1.807, 2.05) is 0 Å². The Bertz CT molecular complexity index is 591. The van der Waals surface area contributed by atoms with Gasteiger partial charge in [0, 0.05) is 31.4 Å². The van der Waals surface area contributed by atoms with Crippen LogP contribution in [0.15, 0.2) is 23.1 Å². The number of nitrogens with two attached hydrogens (primary N) is 1.